The molecule has 1 aromatic carbocycles. The second kappa shape index (κ2) is 8.67. The molecular weight excluding hydrogens is 461 g/mol. The van der Waals surface area contributed by atoms with Gasteiger partial charge in [-0.25, -0.2) is 4.98 Å². The van der Waals surface area contributed by atoms with Crippen molar-refractivity contribution in [2.45, 2.75) is 12.7 Å². The molecule has 0 aliphatic heterocycles. The molecule has 0 fully saturated rings. The second-order valence-corrected chi connectivity index (χ2v) is 7.79. The van der Waals surface area contributed by atoms with Crippen molar-refractivity contribution in [3.05, 3.63) is 95.2 Å². The third kappa shape index (κ3) is 4.74. The minimum absolute atomic E-state index is 0.0860. The summed E-state index contributed by atoms with van der Waals surface area (Å²) in [4.78, 5) is 25.0. The Balaban J connectivity index is 1.44. The van der Waals surface area contributed by atoms with Gasteiger partial charge in [-0.15, -0.1) is 0 Å². The van der Waals surface area contributed by atoms with Gasteiger partial charge in [-0.2, -0.15) is 18.3 Å². The number of benzene rings is 1. The Morgan fingerprint density at radius 1 is 0.971 bits per heavy atom. The molecule has 11 heteroatoms. The Bertz CT molecular complexity index is 1590. The maximum absolute atomic E-state index is 13.1. The zero-order chi connectivity index (χ0) is 24.6. The van der Waals surface area contributed by atoms with Gasteiger partial charge >= 0.3 is 6.18 Å². The van der Waals surface area contributed by atoms with Crippen LogP contribution in [0, 0.1) is 0 Å². The van der Waals surface area contributed by atoms with Gasteiger partial charge in [0, 0.05) is 37.3 Å². The van der Waals surface area contributed by atoms with E-state index in [2.05, 4.69) is 20.1 Å². The Labute approximate surface area is 196 Å². The SMILES string of the molecule is Cn1cc(-c2cc(Oc3ccc4ncn(Cc5ccnc(C(F)(F)F)c5)c(=O)c4c3)ccn2)cn1. The molecule has 0 spiro atoms. The minimum atomic E-state index is -4.57. The van der Waals surface area contributed by atoms with Crippen LogP contribution in [0.3, 0.4) is 0 Å². The number of nitrogens with zero attached hydrogens (tertiary/aromatic N) is 6. The highest BCUT2D eigenvalue weighted by Crippen LogP contribution is 2.28. The lowest BCUT2D eigenvalue weighted by molar-refractivity contribution is -0.141. The van der Waals surface area contributed by atoms with Crippen LogP contribution in [0.25, 0.3) is 22.2 Å². The number of fused-ring (bicyclic) bond motifs is 1. The highest BCUT2D eigenvalue weighted by Gasteiger charge is 2.32. The molecule has 0 radical (unpaired) electrons. The number of hydrogen-bond donors (Lipinski definition) is 0. The summed E-state index contributed by atoms with van der Waals surface area (Å²) in [5.41, 5.74) is 0.800. The van der Waals surface area contributed by atoms with E-state index in [0.717, 1.165) is 17.8 Å². The van der Waals surface area contributed by atoms with Crippen LogP contribution in [0.5, 0.6) is 11.5 Å². The van der Waals surface area contributed by atoms with Gasteiger partial charge in [0.25, 0.3) is 5.56 Å². The fourth-order valence-electron chi connectivity index (χ4n) is 3.56. The van der Waals surface area contributed by atoms with Gasteiger partial charge in [0.15, 0.2) is 0 Å². The number of halogens is 3. The first-order chi connectivity index (χ1) is 16.8. The predicted molar refractivity (Wildman–Crippen MR) is 121 cm³/mol. The fraction of sp³-hybridized carbons (Fsp3) is 0.125. The van der Waals surface area contributed by atoms with Gasteiger partial charge in [-0.1, -0.05) is 0 Å². The minimum Gasteiger partial charge on any atom is -0.457 e. The van der Waals surface area contributed by atoms with E-state index in [9.17, 15) is 18.0 Å². The molecule has 5 rings (SSSR count). The Morgan fingerprint density at radius 3 is 2.54 bits per heavy atom. The summed E-state index contributed by atoms with van der Waals surface area (Å²) in [5.74, 6) is 0.916. The van der Waals surface area contributed by atoms with Gasteiger partial charge in [0.05, 0.1) is 35.7 Å². The number of aromatic nitrogens is 6. The van der Waals surface area contributed by atoms with Crippen molar-refractivity contribution in [3.63, 3.8) is 0 Å². The molecule has 0 aliphatic rings. The summed E-state index contributed by atoms with van der Waals surface area (Å²) >= 11 is 0. The monoisotopic (exact) mass is 478 g/mol. The average molecular weight is 478 g/mol. The molecule has 0 bridgehead atoms. The van der Waals surface area contributed by atoms with Crippen molar-refractivity contribution in [1.82, 2.24) is 29.3 Å². The van der Waals surface area contributed by atoms with Crippen molar-refractivity contribution < 1.29 is 17.9 Å². The Kier molecular flexibility index (Phi) is 5.51. The van der Waals surface area contributed by atoms with Crippen LogP contribution >= 0.6 is 0 Å². The van der Waals surface area contributed by atoms with E-state index in [4.69, 9.17) is 4.74 Å². The maximum atomic E-state index is 13.1. The molecule has 0 saturated carbocycles. The maximum Gasteiger partial charge on any atom is 0.433 e. The van der Waals surface area contributed by atoms with Crippen molar-refractivity contribution >= 4 is 10.9 Å². The molecule has 8 nitrogen and oxygen atoms in total. The van der Waals surface area contributed by atoms with Crippen LogP contribution in [0.15, 0.2) is 78.4 Å². The summed E-state index contributed by atoms with van der Waals surface area (Å²) < 4.78 is 47.8. The summed E-state index contributed by atoms with van der Waals surface area (Å²) in [5, 5.41) is 4.41. The molecular formula is C24H17F3N6O2. The summed E-state index contributed by atoms with van der Waals surface area (Å²) in [6, 6.07) is 10.7. The van der Waals surface area contributed by atoms with Gasteiger partial charge in [0.2, 0.25) is 0 Å². The van der Waals surface area contributed by atoms with Crippen LogP contribution in [-0.4, -0.2) is 29.3 Å². The van der Waals surface area contributed by atoms with E-state index in [0.29, 0.717) is 22.7 Å². The van der Waals surface area contributed by atoms with Crippen molar-refractivity contribution in [2.75, 3.05) is 0 Å². The standard InChI is InChI=1S/C24H17F3N6O2/c1-32-13-16(11-31-32)21-10-18(5-7-28-21)35-17-2-3-20-19(9-17)23(34)33(14-30-20)12-15-4-6-29-22(8-15)24(25,26)27/h2-11,13-14H,12H2,1H3. The van der Waals surface area contributed by atoms with Crippen LogP contribution in [0.2, 0.25) is 0 Å². The lowest BCUT2D eigenvalue weighted by Gasteiger charge is -2.11. The van der Waals surface area contributed by atoms with Gasteiger partial charge in [0.1, 0.15) is 17.2 Å². The quantitative estimate of drug-likeness (QED) is 0.371. The van der Waals surface area contributed by atoms with Crippen molar-refractivity contribution in [1.29, 1.82) is 0 Å². The van der Waals surface area contributed by atoms with Gasteiger partial charge < -0.3 is 4.74 Å². The molecule has 0 amide bonds. The second-order valence-electron chi connectivity index (χ2n) is 7.79. The number of aryl methyl sites for hydroxylation is 1. The molecule has 5 aromatic rings. The predicted octanol–water partition coefficient (Wildman–Crippen LogP) is 4.45. The summed E-state index contributed by atoms with van der Waals surface area (Å²) in [7, 11) is 1.81. The van der Waals surface area contributed by atoms with E-state index in [-0.39, 0.29) is 17.5 Å². The van der Waals surface area contributed by atoms with E-state index in [1.807, 2.05) is 13.2 Å². The van der Waals surface area contributed by atoms with Crippen LogP contribution in [-0.2, 0) is 19.8 Å². The molecule has 0 atom stereocenters. The number of ether oxygens (including phenoxy) is 1. The fourth-order valence-corrected chi connectivity index (χ4v) is 3.56. The van der Waals surface area contributed by atoms with E-state index >= 15 is 0 Å². The van der Waals surface area contributed by atoms with Crippen molar-refractivity contribution in [2.24, 2.45) is 7.05 Å². The topological polar surface area (TPSA) is 87.7 Å². The number of rotatable bonds is 5. The summed E-state index contributed by atoms with van der Waals surface area (Å²) in [6.45, 7) is -0.0860. The Hall–Kier alpha value is -4.54. The third-order valence-electron chi connectivity index (χ3n) is 5.23. The number of pyridine rings is 2. The zero-order valence-electron chi connectivity index (χ0n) is 18.3. The third-order valence-corrected chi connectivity index (χ3v) is 5.23. The van der Waals surface area contributed by atoms with Gasteiger partial charge in [-0.3, -0.25) is 24.0 Å². The normalized spacial score (nSPS) is 11.7. The molecule has 4 heterocycles. The number of alkyl halides is 3. The molecule has 176 valence electrons. The highest BCUT2D eigenvalue weighted by molar-refractivity contribution is 5.79. The van der Waals surface area contributed by atoms with E-state index < -0.39 is 17.4 Å². The molecule has 0 N–H and O–H groups in total. The van der Waals surface area contributed by atoms with E-state index in [1.165, 1.54) is 17.0 Å². The Morgan fingerprint density at radius 2 is 1.77 bits per heavy atom. The summed E-state index contributed by atoms with van der Waals surface area (Å²) in [6.07, 6.45) is 2.93. The molecule has 4 aromatic heterocycles. The van der Waals surface area contributed by atoms with E-state index in [1.54, 1.807) is 47.4 Å². The van der Waals surface area contributed by atoms with Gasteiger partial charge in [-0.05, 0) is 42.0 Å². The van der Waals surface area contributed by atoms with Crippen LogP contribution < -0.4 is 10.3 Å². The molecule has 0 aliphatic carbocycles. The molecule has 0 saturated heterocycles. The molecule has 35 heavy (non-hydrogen) atoms. The number of hydrogen-bond acceptors (Lipinski definition) is 6. The lowest BCUT2D eigenvalue weighted by Crippen LogP contribution is -2.21. The van der Waals surface area contributed by atoms with Crippen LogP contribution in [0.4, 0.5) is 13.2 Å². The smallest absolute Gasteiger partial charge is 0.433 e. The van der Waals surface area contributed by atoms with Crippen molar-refractivity contribution in [3.8, 4) is 22.8 Å². The first-order valence-corrected chi connectivity index (χ1v) is 10.4. The highest BCUT2D eigenvalue weighted by atomic mass is 19.4. The van der Waals surface area contributed by atoms with Crippen LogP contribution in [0.1, 0.15) is 11.3 Å². The first kappa shape index (κ1) is 22.3. The lowest BCUT2D eigenvalue weighted by atomic mass is 10.2. The molecule has 0 unspecified atom stereocenters. The average Bonchev–Trinajstić information content (AvgIpc) is 3.27. The first-order valence-electron chi connectivity index (χ1n) is 10.4. The largest absolute Gasteiger partial charge is 0.457 e. The zero-order valence-corrected chi connectivity index (χ0v) is 18.3.